The van der Waals surface area contributed by atoms with Gasteiger partial charge in [0.1, 0.15) is 5.00 Å². The molecule has 4 rings (SSSR count). The first-order valence-electron chi connectivity index (χ1n) is 10.6. The number of hydrogen-bond acceptors (Lipinski definition) is 7. The van der Waals surface area contributed by atoms with Crippen molar-refractivity contribution in [3.63, 3.8) is 0 Å². The number of nitrogens with zero attached hydrogens (tertiary/aromatic N) is 2. The van der Waals surface area contributed by atoms with Gasteiger partial charge in [-0.25, -0.2) is 9.78 Å². The fourth-order valence-electron chi connectivity index (χ4n) is 3.31. The van der Waals surface area contributed by atoms with Gasteiger partial charge in [0.15, 0.2) is 5.16 Å². The number of amides is 2. The molecule has 1 aliphatic carbocycles. The number of benzene rings is 1. The third-order valence-corrected chi connectivity index (χ3v) is 7.21. The van der Waals surface area contributed by atoms with Gasteiger partial charge in [0.25, 0.3) is 5.91 Å². The highest BCUT2D eigenvalue weighted by atomic mass is 32.2. The van der Waals surface area contributed by atoms with Gasteiger partial charge < -0.3 is 19.9 Å². The molecule has 2 N–H and O–H groups in total. The van der Waals surface area contributed by atoms with E-state index >= 15 is 0 Å². The number of anilines is 2. The SMILES string of the molecule is CCOC(=O)c1c(NC(=O)CSc2nccn2C2CC2)sc(C(=O)Nc2ccccc2)c1C. The molecular weight excluding hydrogens is 460 g/mol. The lowest BCUT2D eigenvalue weighted by atomic mass is 10.1. The summed E-state index contributed by atoms with van der Waals surface area (Å²) in [6.45, 7) is 3.58. The summed E-state index contributed by atoms with van der Waals surface area (Å²) in [5.41, 5.74) is 1.32. The maximum absolute atomic E-state index is 12.9. The predicted molar refractivity (Wildman–Crippen MR) is 129 cm³/mol. The summed E-state index contributed by atoms with van der Waals surface area (Å²) in [4.78, 5) is 42.9. The summed E-state index contributed by atoms with van der Waals surface area (Å²) in [5.74, 6) is -1.07. The van der Waals surface area contributed by atoms with Crippen LogP contribution < -0.4 is 10.6 Å². The van der Waals surface area contributed by atoms with Crippen LogP contribution in [0.1, 0.15) is 51.4 Å². The molecule has 1 aromatic carbocycles. The highest BCUT2D eigenvalue weighted by Crippen LogP contribution is 2.38. The van der Waals surface area contributed by atoms with Crippen molar-refractivity contribution in [2.75, 3.05) is 23.0 Å². The molecule has 10 heteroatoms. The van der Waals surface area contributed by atoms with Gasteiger partial charge in [0.2, 0.25) is 5.91 Å². The van der Waals surface area contributed by atoms with Gasteiger partial charge >= 0.3 is 5.97 Å². The van der Waals surface area contributed by atoms with Crippen LogP contribution in [0, 0.1) is 6.92 Å². The first-order valence-corrected chi connectivity index (χ1v) is 12.4. The zero-order chi connectivity index (χ0) is 23.4. The van der Waals surface area contributed by atoms with Crippen molar-refractivity contribution in [1.29, 1.82) is 0 Å². The van der Waals surface area contributed by atoms with E-state index in [1.165, 1.54) is 11.8 Å². The zero-order valence-electron chi connectivity index (χ0n) is 18.3. The Morgan fingerprint density at radius 3 is 2.67 bits per heavy atom. The van der Waals surface area contributed by atoms with Crippen molar-refractivity contribution >= 4 is 51.6 Å². The van der Waals surface area contributed by atoms with Crippen molar-refractivity contribution in [3.8, 4) is 0 Å². The molecule has 0 radical (unpaired) electrons. The van der Waals surface area contributed by atoms with E-state index in [1.807, 2.05) is 24.4 Å². The largest absolute Gasteiger partial charge is 0.462 e. The van der Waals surface area contributed by atoms with Crippen molar-refractivity contribution in [2.45, 2.75) is 37.9 Å². The van der Waals surface area contributed by atoms with Crippen LogP contribution in [0.4, 0.5) is 10.7 Å². The Morgan fingerprint density at radius 1 is 1.21 bits per heavy atom. The molecule has 1 fully saturated rings. The average molecular weight is 485 g/mol. The van der Waals surface area contributed by atoms with Gasteiger partial charge in [-0.1, -0.05) is 30.0 Å². The third-order valence-electron chi connectivity index (χ3n) is 5.02. The third kappa shape index (κ3) is 5.45. The molecule has 33 heavy (non-hydrogen) atoms. The van der Waals surface area contributed by atoms with Crippen LogP contribution in [0.3, 0.4) is 0 Å². The smallest absolute Gasteiger partial charge is 0.341 e. The number of carbonyl (C=O) groups excluding carboxylic acids is 3. The number of thioether (sulfide) groups is 1. The van der Waals surface area contributed by atoms with E-state index in [1.54, 1.807) is 32.2 Å². The van der Waals surface area contributed by atoms with E-state index in [2.05, 4.69) is 20.2 Å². The minimum atomic E-state index is -0.572. The summed E-state index contributed by atoms with van der Waals surface area (Å²) >= 11 is 2.40. The van der Waals surface area contributed by atoms with Crippen LogP contribution >= 0.6 is 23.1 Å². The normalized spacial score (nSPS) is 12.9. The van der Waals surface area contributed by atoms with Crippen molar-refractivity contribution < 1.29 is 19.1 Å². The number of carbonyl (C=O) groups is 3. The number of esters is 1. The Balaban J connectivity index is 1.50. The molecule has 0 spiro atoms. The standard InChI is InChI=1S/C23H24N4O4S2/c1-3-31-22(30)18-14(2)19(20(29)25-15-7-5-4-6-8-15)33-21(18)26-17(28)13-32-23-24-11-12-27(23)16-9-10-16/h4-8,11-12,16H,3,9-10,13H2,1-2H3,(H,25,29)(H,26,28). The van der Waals surface area contributed by atoms with Crippen molar-refractivity contribution in [2.24, 2.45) is 0 Å². The Morgan fingerprint density at radius 2 is 1.97 bits per heavy atom. The molecule has 0 atom stereocenters. The maximum Gasteiger partial charge on any atom is 0.341 e. The van der Waals surface area contributed by atoms with Crippen LogP contribution in [0.25, 0.3) is 0 Å². The van der Waals surface area contributed by atoms with E-state index in [0.29, 0.717) is 27.2 Å². The molecule has 3 aromatic rings. The molecule has 2 heterocycles. The number of nitrogens with one attached hydrogen (secondary N) is 2. The number of para-hydroxylation sites is 1. The summed E-state index contributed by atoms with van der Waals surface area (Å²) in [6, 6.07) is 9.52. The monoisotopic (exact) mass is 484 g/mol. The van der Waals surface area contributed by atoms with Crippen LogP contribution in [0.15, 0.2) is 47.9 Å². The molecule has 8 nitrogen and oxygen atoms in total. The van der Waals surface area contributed by atoms with E-state index in [-0.39, 0.29) is 29.7 Å². The zero-order valence-corrected chi connectivity index (χ0v) is 19.9. The topological polar surface area (TPSA) is 102 Å². The number of hydrogen-bond donors (Lipinski definition) is 2. The van der Waals surface area contributed by atoms with E-state index < -0.39 is 5.97 Å². The fraction of sp³-hybridized carbons (Fsp3) is 0.304. The predicted octanol–water partition coefficient (Wildman–Crippen LogP) is 4.75. The maximum atomic E-state index is 12.9. The van der Waals surface area contributed by atoms with Crippen molar-refractivity contribution in [3.05, 3.63) is 58.7 Å². The molecule has 172 valence electrons. The second-order valence-corrected chi connectivity index (χ2v) is 9.45. The van der Waals surface area contributed by atoms with Crippen LogP contribution in [0.2, 0.25) is 0 Å². The Hall–Kier alpha value is -3.11. The number of imidazole rings is 1. The van der Waals surface area contributed by atoms with E-state index in [9.17, 15) is 14.4 Å². The Labute approximate surface area is 199 Å². The van der Waals surface area contributed by atoms with Gasteiger partial charge in [0.05, 0.1) is 22.8 Å². The number of rotatable bonds is 9. The number of ether oxygens (including phenoxy) is 1. The van der Waals surface area contributed by atoms with Gasteiger partial charge in [-0.05, 0) is 44.4 Å². The molecule has 0 unspecified atom stereocenters. The summed E-state index contributed by atoms with van der Waals surface area (Å²) in [5, 5.41) is 6.72. The van der Waals surface area contributed by atoms with Gasteiger partial charge in [-0.2, -0.15) is 0 Å². The second-order valence-electron chi connectivity index (χ2n) is 7.49. The highest BCUT2D eigenvalue weighted by molar-refractivity contribution is 7.99. The fourth-order valence-corrected chi connectivity index (χ4v) is 5.24. The van der Waals surface area contributed by atoms with Crippen LogP contribution in [-0.2, 0) is 9.53 Å². The first kappa shape index (κ1) is 23.1. The molecule has 1 aliphatic rings. The minimum Gasteiger partial charge on any atom is -0.462 e. The Bertz CT molecular complexity index is 1170. The van der Waals surface area contributed by atoms with Crippen LogP contribution in [-0.4, -0.2) is 39.7 Å². The second kappa shape index (κ2) is 10.2. The van der Waals surface area contributed by atoms with Crippen LogP contribution in [0.5, 0.6) is 0 Å². The minimum absolute atomic E-state index is 0.133. The van der Waals surface area contributed by atoms with E-state index in [4.69, 9.17) is 4.74 Å². The highest BCUT2D eigenvalue weighted by Gasteiger charge is 2.28. The lowest BCUT2D eigenvalue weighted by Crippen LogP contribution is -2.17. The van der Waals surface area contributed by atoms with Crippen molar-refractivity contribution in [1.82, 2.24) is 9.55 Å². The quantitative estimate of drug-likeness (QED) is 0.336. The van der Waals surface area contributed by atoms with Gasteiger partial charge in [0, 0.05) is 24.1 Å². The number of aromatic nitrogens is 2. The van der Waals surface area contributed by atoms with E-state index in [0.717, 1.165) is 29.3 Å². The molecule has 0 saturated heterocycles. The molecule has 2 amide bonds. The molecule has 2 aromatic heterocycles. The first-order chi connectivity index (χ1) is 16.0. The summed E-state index contributed by atoms with van der Waals surface area (Å²) in [7, 11) is 0. The van der Waals surface area contributed by atoms with Gasteiger partial charge in [-0.3, -0.25) is 9.59 Å². The Kier molecular flexibility index (Phi) is 7.14. The number of thiophene rings is 1. The molecule has 1 saturated carbocycles. The average Bonchev–Trinajstić information content (AvgIpc) is 3.44. The molecule has 0 bridgehead atoms. The van der Waals surface area contributed by atoms with Gasteiger partial charge in [-0.15, -0.1) is 11.3 Å². The lowest BCUT2D eigenvalue weighted by molar-refractivity contribution is -0.113. The molecule has 0 aliphatic heterocycles. The lowest BCUT2D eigenvalue weighted by Gasteiger charge is -2.08. The summed E-state index contributed by atoms with van der Waals surface area (Å²) < 4.78 is 7.26. The summed E-state index contributed by atoms with van der Waals surface area (Å²) in [6.07, 6.45) is 5.91. The molecular formula is C23H24N4O4S2.